The number of aromatic hydroxyl groups is 1. The number of anilines is 1. The smallest absolute Gasteiger partial charge is 0.262 e. The molecule has 0 radical (unpaired) electrons. The molecule has 0 fully saturated rings. The molecule has 1 atom stereocenters. The van der Waals surface area contributed by atoms with Gasteiger partial charge in [-0.25, -0.2) is 5.43 Å². The van der Waals surface area contributed by atoms with Crippen LogP contribution >= 0.6 is 0 Å². The zero-order valence-corrected chi connectivity index (χ0v) is 13.9. The molecule has 2 aromatic rings. The van der Waals surface area contributed by atoms with E-state index in [2.05, 4.69) is 15.8 Å². The quantitative estimate of drug-likeness (QED) is 0.563. The van der Waals surface area contributed by atoms with Crippen LogP contribution in [0.2, 0.25) is 0 Å². The molecule has 1 unspecified atom stereocenters. The van der Waals surface area contributed by atoms with Crippen molar-refractivity contribution in [3.05, 3.63) is 53.6 Å². The number of phenols is 1. The van der Waals surface area contributed by atoms with Gasteiger partial charge in [-0.15, -0.1) is 0 Å². The van der Waals surface area contributed by atoms with Crippen LogP contribution in [0.5, 0.6) is 11.5 Å². The number of aryl methyl sites for hydroxylation is 1. The third kappa shape index (κ3) is 4.74. The van der Waals surface area contributed by atoms with Gasteiger partial charge in [0.15, 0.2) is 0 Å². The van der Waals surface area contributed by atoms with Crippen molar-refractivity contribution in [2.75, 3.05) is 12.4 Å². The summed E-state index contributed by atoms with van der Waals surface area (Å²) < 4.78 is 5.08. The van der Waals surface area contributed by atoms with E-state index < -0.39 is 6.04 Å². The van der Waals surface area contributed by atoms with E-state index in [4.69, 9.17) is 4.74 Å². The molecule has 0 aliphatic carbocycles. The summed E-state index contributed by atoms with van der Waals surface area (Å²) in [4.78, 5) is 12.0. The Morgan fingerprint density at radius 2 is 1.96 bits per heavy atom. The first-order valence-corrected chi connectivity index (χ1v) is 7.52. The number of rotatable bonds is 6. The fourth-order valence-electron chi connectivity index (χ4n) is 1.99. The molecule has 2 aromatic carbocycles. The minimum absolute atomic E-state index is 0.0552. The van der Waals surface area contributed by atoms with Crippen LogP contribution < -0.4 is 15.5 Å². The maximum absolute atomic E-state index is 12.0. The van der Waals surface area contributed by atoms with E-state index in [1.54, 1.807) is 19.1 Å². The van der Waals surface area contributed by atoms with Gasteiger partial charge in [0.25, 0.3) is 5.91 Å². The highest BCUT2D eigenvalue weighted by molar-refractivity contribution is 5.88. The fraction of sp³-hybridized carbons (Fsp3) is 0.222. The van der Waals surface area contributed by atoms with E-state index >= 15 is 0 Å². The molecule has 3 N–H and O–H groups in total. The Hall–Kier alpha value is -3.02. The van der Waals surface area contributed by atoms with Crippen LogP contribution in [-0.4, -0.2) is 30.4 Å². The lowest BCUT2D eigenvalue weighted by atomic mass is 10.2. The van der Waals surface area contributed by atoms with E-state index in [1.165, 1.54) is 19.4 Å². The Morgan fingerprint density at radius 3 is 2.62 bits per heavy atom. The number of benzene rings is 2. The predicted molar refractivity (Wildman–Crippen MR) is 94.7 cm³/mol. The second kappa shape index (κ2) is 8.01. The van der Waals surface area contributed by atoms with Crippen molar-refractivity contribution < 1.29 is 14.6 Å². The molecule has 0 spiro atoms. The normalized spacial score (nSPS) is 12.0. The van der Waals surface area contributed by atoms with E-state index in [-0.39, 0.29) is 11.7 Å². The van der Waals surface area contributed by atoms with Crippen LogP contribution in [0.4, 0.5) is 5.69 Å². The first-order chi connectivity index (χ1) is 11.5. The van der Waals surface area contributed by atoms with Crippen LogP contribution in [0.25, 0.3) is 0 Å². The standard InChI is InChI=1S/C18H21N3O3/c1-12-4-6-15(7-5-12)20-13(2)18(23)21-19-11-14-10-16(24-3)8-9-17(14)22/h4-11,13,20,22H,1-3H3,(H,21,23)/b19-11-. The highest BCUT2D eigenvalue weighted by Crippen LogP contribution is 2.20. The van der Waals surface area contributed by atoms with E-state index in [0.29, 0.717) is 11.3 Å². The number of nitrogens with zero attached hydrogens (tertiary/aromatic N) is 1. The van der Waals surface area contributed by atoms with Gasteiger partial charge in [-0.05, 0) is 44.2 Å². The molecule has 0 aromatic heterocycles. The van der Waals surface area contributed by atoms with Crippen LogP contribution in [-0.2, 0) is 4.79 Å². The molecule has 0 aliphatic heterocycles. The van der Waals surface area contributed by atoms with Gasteiger partial charge in [-0.1, -0.05) is 17.7 Å². The second-order valence-electron chi connectivity index (χ2n) is 5.39. The van der Waals surface area contributed by atoms with E-state index in [0.717, 1.165) is 11.3 Å². The number of amides is 1. The number of nitrogens with one attached hydrogen (secondary N) is 2. The highest BCUT2D eigenvalue weighted by atomic mass is 16.5. The SMILES string of the molecule is COc1ccc(O)c(/C=N\NC(=O)C(C)Nc2ccc(C)cc2)c1. The van der Waals surface area contributed by atoms with Gasteiger partial charge in [0.05, 0.1) is 13.3 Å². The lowest BCUT2D eigenvalue weighted by Gasteiger charge is -2.13. The van der Waals surface area contributed by atoms with E-state index in [1.807, 2.05) is 31.2 Å². The van der Waals surface area contributed by atoms with Gasteiger partial charge >= 0.3 is 0 Å². The van der Waals surface area contributed by atoms with Crippen molar-refractivity contribution in [1.29, 1.82) is 0 Å². The molecule has 6 heteroatoms. The summed E-state index contributed by atoms with van der Waals surface area (Å²) in [5.74, 6) is 0.365. The van der Waals surface area contributed by atoms with Gasteiger partial charge < -0.3 is 15.2 Å². The summed E-state index contributed by atoms with van der Waals surface area (Å²) in [6.45, 7) is 3.75. The van der Waals surface area contributed by atoms with Crippen molar-refractivity contribution in [3.8, 4) is 11.5 Å². The number of carbonyl (C=O) groups excluding carboxylic acids is 1. The number of phenolic OH excluding ortho intramolecular Hbond substituents is 1. The Bertz CT molecular complexity index is 727. The number of hydrogen-bond acceptors (Lipinski definition) is 5. The van der Waals surface area contributed by atoms with Gasteiger partial charge in [-0.2, -0.15) is 5.10 Å². The average Bonchev–Trinajstić information content (AvgIpc) is 2.58. The van der Waals surface area contributed by atoms with Crippen LogP contribution in [0.15, 0.2) is 47.6 Å². The number of ether oxygens (including phenoxy) is 1. The van der Waals surface area contributed by atoms with Gasteiger partial charge in [0.1, 0.15) is 17.5 Å². The maximum Gasteiger partial charge on any atom is 0.262 e. The lowest BCUT2D eigenvalue weighted by molar-refractivity contribution is -0.121. The molecule has 0 bridgehead atoms. The molecular formula is C18H21N3O3. The predicted octanol–water partition coefficient (Wildman–Crippen LogP) is 2.66. The number of hydrazone groups is 1. The van der Waals surface area contributed by atoms with Crippen LogP contribution in [0.1, 0.15) is 18.1 Å². The van der Waals surface area contributed by atoms with E-state index in [9.17, 15) is 9.90 Å². The number of carbonyl (C=O) groups is 1. The maximum atomic E-state index is 12.0. The van der Waals surface area contributed by atoms with Crippen LogP contribution in [0, 0.1) is 6.92 Å². The summed E-state index contributed by atoms with van der Waals surface area (Å²) in [7, 11) is 1.54. The minimum atomic E-state index is -0.455. The van der Waals surface area contributed by atoms with Crippen molar-refractivity contribution in [2.45, 2.75) is 19.9 Å². The van der Waals surface area contributed by atoms with Crippen molar-refractivity contribution in [1.82, 2.24) is 5.43 Å². The molecule has 0 heterocycles. The molecule has 1 amide bonds. The Labute approximate surface area is 141 Å². The first-order valence-electron chi connectivity index (χ1n) is 7.52. The fourth-order valence-corrected chi connectivity index (χ4v) is 1.99. The largest absolute Gasteiger partial charge is 0.507 e. The minimum Gasteiger partial charge on any atom is -0.507 e. The summed E-state index contributed by atoms with van der Waals surface area (Å²) in [5, 5.41) is 16.7. The highest BCUT2D eigenvalue weighted by Gasteiger charge is 2.11. The average molecular weight is 327 g/mol. The molecule has 6 nitrogen and oxygen atoms in total. The lowest BCUT2D eigenvalue weighted by Crippen LogP contribution is -2.34. The van der Waals surface area contributed by atoms with Crippen molar-refractivity contribution in [3.63, 3.8) is 0 Å². The van der Waals surface area contributed by atoms with Crippen molar-refractivity contribution in [2.24, 2.45) is 5.10 Å². The second-order valence-corrected chi connectivity index (χ2v) is 5.39. The summed E-state index contributed by atoms with van der Waals surface area (Å²) in [5.41, 5.74) is 4.91. The Kier molecular flexibility index (Phi) is 5.78. The van der Waals surface area contributed by atoms with Gasteiger partial charge in [0.2, 0.25) is 0 Å². The first kappa shape index (κ1) is 17.3. The van der Waals surface area contributed by atoms with Crippen LogP contribution in [0.3, 0.4) is 0 Å². The third-order valence-corrected chi connectivity index (χ3v) is 3.44. The molecule has 2 rings (SSSR count). The Morgan fingerprint density at radius 1 is 1.25 bits per heavy atom. The van der Waals surface area contributed by atoms with Gasteiger partial charge in [0, 0.05) is 11.3 Å². The van der Waals surface area contributed by atoms with Gasteiger partial charge in [-0.3, -0.25) is 4.79 Å². The summed E-state index contributed by atoms with van der Waals surface area (Å²) >= 11 is 0. The molecule has 126 valence electrons. The molecule has 0 aliphatic rings. The monoisotopic (exact) mass is 327 g/mol. The summed E-state index contributed by atoms with van der Waals surface area (Å²) in [6, 6.07) is 12.1. The zero-order valence-electron chi connectivity index (χ0n) is 13.9. The zero-order chi connectivity index (χ0) is 17.5. The topological polar surface area (TPSA) is 83.0 Å². The Balaban J connectivity index is 1.93. The number of hydrogen-bond donors (Lipinski definition) is 3. The molecular weight excluding hydrogens is 306 g/mol. The van der Waals surface area contributed by atoms with Crippen molar-refractivity contribution >= 4 is 17.8 Å². The third-order valence-electron chi connectivity index (χ3n) is 3.44. The molecule has 0 saturated carbocycles. The number of methoxy groups -OCH3 is 1. The summed E-state index contributed by atoms with van der Waals surface area (Å²) in [6.07, 6.45) is 1.37. The molecule has 24 heavy (non-hydrogen) atoms. The molecule has 0 saturated heterocycles.